The van der Waals surface area contributed by atoms with E-state index in [4.69, 9.17) is 18.6 Å². The number of aromatic nitrogens is 2. The predicted octanol–water partition coefficient (Wildman–Crippen LogP) is 4.26. The Balaban J connectivity index is 1.64. The summed E-state index contributed by atoms with van der Waals surface area (Å²) in [5, 5.41) is 19.3. The second-order valence-corrected chi connectivity index (χ2v) is 7.31. The highest BCUT2D eigenvalue weighted by Gasteiger charge is 2.14. The van der Waals surface area contributed by atoms with Gasteiger partial charge in [0.25, 0.3) is 5.91 Å². The number of nitrogens with zero attached hydrogens (tertiary/aromatic N) is 3. The Hall–Kier alpha value is -4.32. The Bertz CT molecular complexity index is 1210. The Morgan fingerprint density at radius 3 is 2.50 bits per heavy atom. The minimum Gasteiger partial charge on any atom is -0.493 e. The van der Waals surface area contributed by atoms with Gasteiger partial charge >= 0.3 is 6.01 Å². The molecule has 0 unspecified atom stereocenters. The van der Waals surface area contributed by atoms with Crippen molar-refractivity contribution in [2.75, 3.05) is 25.6 Å². The van der Waals surface area contributed by atoms with Crippen LogP contribution in [0.15, 0.2) is 46.4 Å². The molecule has 1 amide bonds. The molecule has 0 bridgehead atoms. The smallest absolute Gasteiger partial charge is 0.322 e. The second kappa shape index (κ2) is 11.5. The van der Waals surface area contributed by atoms with E-state index < -0.39 is 5.91 Å². The number of aryl methyl sites for hydroxylation is 3. The SMILES string of the molecule is CCc1nnc(NC(=O)/C(C#N)=C/c2ccc(OCCOc3c(C)cccc3C)c(OC)c2)o1. The van der Waals surface area contributed by atoms with Crippen LogP contribution in [-0.4, -0.2) is 36.4 Å². The molecule has 3 rings (SSSR count). The van der Waals surface area contributed by atoms with Crippen molar-refractivity contribution in [2.24, 2.45) is 0 Å². The van der Waals surface area contributed by atoms with Gasteiger partial charge in [-0.25, -0.2) is 0 Å². The lowest BCUT2D eigenvalue weighted by atomic mass is 10.1. The molecule has 0 aliphatic carbocycles. The van der Waals surface area contributed by atoms with Gasteiger partial charge in [0.15, 0.2) is 11.5 Å². The molecule has 0 saturated carbocycles. The Morgan fingerprint density at radius 2 is 1.85 bits per heavy atom. The van der Waals surface area contributed by atoms with E-state index in [2.05, 4.69) is 15.5 Å². The van der Waals surface area contributed by atoms with E-state index in [9.17, 15) is 10.1 Å². The van der Waals surface area contributed by atoms with E-state index in [0.29, 0.717) is 42.6 Å². The van der Waals surface area contributed by atoms with E-state index in [1.807, 2.05) is 45.0 Å². The topological polar surface area (TPSA) is 120 Å². The number of ether oxygens (including phenoxy) is 3. The first kappa shape index (κ1) is 24.3. The number of rotatable bonds is 10. The highest BCUT2D eigenvalue weighted by Crippen LogP contribution is 2.29. The molecule has 1 heterocycles. The van der Waals surface area contributed by atoms with Crippen LogP contribution in [0.25, 0.3) is 6.08 Å². The maximum Gasteiger partial charge on any atom is 0.322 e. The summed E-state index contributed by atoms with van der Waals surface area (Å²) in [4.78, 5) is 12.4. The summed E-state index contributed by atoms with van der Waals surface area (Å²) in [5.74, 6) is 1.57. The van der Waals surface area contributed by atoms with Crippen LogP contribution in [0, 0.1) is 25.2 Å². The molecule has 1 aromatic heterocycles. The van der Waals surface area contributed by atoms with Crippen LogP contribution >= 0.6 is 0 Å². The summed E-state index contributed by atoms with van der Waals surface area (Å²) in [6.45, 7) is 6.52. The molecular weight excluding hydrogens is 436 g/mol. The molecule has 0 fully saturated rings. The van der Waals surface area contributed by atoms with Crippen molar-refractivity contribution in [3.05, 3.63) is 64.6 Å². The molecule has 9 heteroatoms. The zero-order chi connectivity index (χ0) is 24.5. The van der Waals surface area contributed by atoms with Crippen LogP contribution in [0.2, 0.25) is 0 Å². The highest BCUT2D eigenvalue weighted by atomic mass is 16.5. The van der Waals surface area contributed by atoms with Gasteiger partial charge in [-0.15, -0.1) is 5.10 Å². The number of amides is 1. The third kappa shape index (κ3) is 6.13. The largest absolute Gasteiger partial charge is 0.493 e. The average molecular weight is 463 g/mol. The molecule has 0 atom stereocenters. The fourth-order valence-corrected chi connectivity index (χ4v) is 3.14. The summed E-state index contributed by atoms with van der Waals surface area (Å²) in [7, 11) is 1.52. The van der Waals surface area contributed by atoms with Gasteiger partial charge in [-0.2, -0.15) is 5.26 Å². The van der Waals surface area contributed by atoms with Crippen LogP contribution in [0.4, 0.5) is 6.01 Å². The monoisotopic (exact) mass is 462 g/mol. The van der Waals surface area contributed by atoms with E-state index in [1.54, 1.807) is 18.2 Å². The van der Waals surface area contributed by atoms with E-state index in [1.165, 1.54) is 13.2 Å². The van der Waals surface area contributed by atoms with E-state index in [-0.39, 0.29) is 11.6 Å². The Morgan fingerprint density at radius 1 is 1.12 bits per heavy atom. The van der Waals surface area contributed by atoms with Crippen LogP contribution in [0.5, 0.6) is 17.2 Å². The number of carbonyl (C=O) groups is 1. The number of methoxy groups -OCH3 is 1. The lowest BCUT2D eigenvalue weighted by Gasteiger charge is -2.14. The second-order valence-electron chi connectivity index (χ2n) is 7.31. The Labute approximate surface area is 198 Å². The maximum atomic E-state index is 12.4. The van der Waals surface area contributed by atoms with Gasteiger partial charge in [-0.3, -0.25) is 10.1 Å². The zero-order valence-corrected chi connectivity index (χ0v) is 19.5. The molecule has 9 nitrogen and oxygen atoms in total. The van der Waals surface area contributed by atoms with Crippen LogP contribution in [-0.2, 0) is 11.2 Å². The maximum absolute atomic E-state index is 12.4. The molecule has 3 aromatic rings. The van der Waals surface area contributed by atoms with Gasteiger partial charge in [0.2, 0.25) is 5.89 Å². The van der Waals surface area contributed by atoms with Crippen LogP contribution in [0.1, 0.15) is 29.5 Å². The third-order valence-electron chi connectivity index (χ3n) is 4.85. The molecule has 2 aromatic carbocycles. The molecule has 0 saturated heterocycles. The number of para-hydroxylation sites is 1. The molecule has 0 aliphatic heterocycles. The van der Waals surface area contributed by atoms with Gasteiger partial charge in [-0.05, 0) is 48.7 Å². The minimum atomic E-state index is -0.656. The Kier molecular flexibility index (Phi) is 8.24. The summed E-state index contributed by atoms with van der Waals surface area (Å²) < 4.78 is 22.3. The molecule has 0 aliphatic rings. The van der Waals surface area contributed by atoms with E-state index >= 15 is 0 Å². The molecule has 1 N–H and O–H groups in total. The predicted molar refractivity (Wildman–Crippen MR) is 126 cm³/mol. The fourth-order valence-electron chi connectivity index (χ4n) is 3.14. The first-order chi connectivity index (χ1) is 16.4. The molecule has 0 radical (unpaired) electrons. The van der Waals surface area contributed by atoms with Crippen LogP contribution < -0.4 is 19.5 Å². The van der Waals surface area contributed by atoms with Crippen molar-refractivity contribution >= 4 is 18.0 Å². The lowest BCUT2D eigenvalue weighted by molar-refractivity contribution is -0.112. The van der Waals surface area contributed by atoms with Crippen molar-refractivity contribution in [3.63, 3.8) is 0 Å². The first-order valence-electron chi connectivity index (χ1n) is 10.7. The molecule has 34 heavy (non-hydrogen) atoms. The van der Waals surface area contributed by atoms with Crippen molar-refractivity contribution in [1.29, 1.82) is 5.26 Å². The minimum absolute atomic E-state index is 0.0626. The standard InChI is InChI=1S/C25H26N4O5/c1-5-22-28-29-25(34-22)27-24(30)19(15-26)13-18-9-10-20(21(14-18)31-4)32-11-12-33-23-16(2)7-6-8-17(23)3/h6-10,13-14H,5,11-12H2,1-4H3,(H,27,29,30)/b19-13+. The number of carbonyl (C=O) groups excluding carboxylic acids is 1. The quantitative estimate of drug-likeness (QED) is 0.270. The normalized spacial score (nSPS) is 11.0. The number of anilines is 1. The van der Waals surface area contributed by atoms with Gasteiger partial charge in [0, 0.05) is 6.42 Å². The molecule has 176 valence electrons. The third-order valence-corrected chi connectivity index (χ3v) is 4.85. The summed E-state index contributed by atoms with van der Waals surface area (Å²) in [6.07, 6.45) is 1.97. The van der Waals surface area contributed by atoms with Crippen LogP contribution in [0.3, 0.4) is 0 Å². The van der Waals surface area contributed by atoms with Crippen molar-refractivity contribution in [1.82, 2.24) is 10.2 Å². The molecule has 0 spiro atoms. The highest BCUT2D eigenvalue weighted by molar-refractivity contribution is 6.08. The number of benzene rings is 2. The van der Waals surface area contributed by atoms with E-state index in [0.717, 1.165) is 16.9 Å². The number of nitriles is 1. The summed E-state index contributed by atoms with van der Waals surface area (Å²) in [6, 6.07) is 12.9. The lowest BCUT2D eigenvalue weighted by Crippen LogP contribution is -2.13. The van der Waals surface area contributed by atoms with Crippen molar-refractivity contribution in [2.45, 2.75) is 27.2 Å². The van der Waals surface area contributed by atoms with Gasteiger partial charge in [0.05, 0.1) is 7.11 Å². The van der Waals surface area contributed by atoms with Gasteiger partial charge < -0.3 is 18.6 Å². The van der Waals surface area contributed by atoms with Gasteiger partial charge in [-0.1, -0.05) is 36.3 Å². The zero-order valence-electron chi connectivity index (χ0n) is 19.5. The van der Waals surface area contributed by atoms with Crippen molar-refractivity contribution in [3.8, 4) is 23.3 Å². The molecular formula is C25H26N4O5. The van der Waals surface area contributed by atoms with Crippen molar-refractivity contribution < 1.29 is 23.4 Å². The van der Waals surface area contributed by atoms with Gasteiger partial charge in [0.1, 0.15) is 30.6 Å². The number of hydrogen-bond donors (Lipinski definition) is 1. The fraction of sp³-hybridized carbons (Fsp3) is 0.280. The first-order valence-corrected chi connectivity index (χ1v) is 10.7. The summed E-state index contributed by atoms with van der Waals surface area (Å²) >= 11 is 0. The average Bonchev–Trinajstić information content (AvgIpc) is 3.29. The number of nitrogens with one attached hydrogen (secondary N) is 1. The number of hydrogen-bond acceptors (Lipinski definition) is 8. The summed E-state index contributed by atoms with van der Waals surface area (Å²) in [5.41, 5.74) is 2.59.